The Morgan fingerprint density at radius 1 is 1.40 bits per heavy atom. The molecule has 2 aromatic rings. The van der Waals surface area contributed by atoms with Gasteiger partial charge in [-0.2, -0.15) is 0 Å². The maximum atomic E-state index is 12.7. The van der Waals surface area contributed by atoms with Crippen LogP contribution in [0.25, 0.3) is 11.0 Å². The van der Waals surface area contributed by atoms with Crippen LogP contribution in [0.3, 0.4) is 0 Å². The topological polar surface area (TPSA) is 78.1 Å². The molecule has 1 unspecified atom stereocenters. The number of aromatic nitrogens is 2. The lowest BCUT2D eigenvalue weighted by atomic mass is 10.1. The second-order valence-electron chi connectivity index (χ2n) is 7.17. The summed E-state index contributed by atoms with van der Waals surface area (Å²) >= 11 is 0. The first-order valence-electron chi connectivity index (χ1n) is 9.05. The molecule has 0 bridgehead atoms. The maximum Gasteiger partial charge on any atom is 0.253 e. The fourth-order valence-electron chi connectivity index (χ4n) is 3.24. The van der Waals surface area contributed by atoms with Crippen LogP contribution in [-0.4, -0.2) is 45.8 Å². The van der Waals surface area contributed by atoms with Crippen LogP contribution in [0.2, 0.25) is 0 Å². The summed E-state index contributed by atoms with van der Waals surface area (Å²) in [7, 11) is 0. The molecule has 1 aliphatic heterocycles. The Labute approximate surface area is 148 Å². The van der Waals surface area contributed by atoms with Crippen LogP contribution in [0, 0.1) is 5.92 Å². The van der Waals surface area contributed by atoms with Gasteiger partial charge in [0.05, 0.1) is 17.4 Å². The second-order valence-corrected chi connectivity index (χ2v) is 7.17. The molecule has 1 aliphatic rings. The highest BCUT2D eigenvalue weighted by molar-refractivity contribution is 6.04. The van der Waals surface area contributed by atoms with Crippen molar-refractivity contribution in [2.45, 2.75) is 45.6 Å². The quantitative estimate of drug-likeness (QED) is 0.877. The number of nitrogens with zero attached hydrogens (tertiary/aromatic N) is 2. The number of imidazole rings is 1. The molecular formula is C19H26N4O2. The normalized spacial score (nSPS) is 18.6. The van der Waals surface area contributed by atoms with E-state index in [2.05, 4.69) is 29.1 Å². The Bertz CT molecular complexity index is 753. The van der Waals surface area contributed by atoms with Crippen molar-refractivity contribution in [2.75, 3.05) is 13.1 Å². The molecule has 0 saturated carbocycles. The number of likely N-dealkylation sites (tertiary alicyclic amines) is 1. The number of aromatic amines is 1. The van der Waals surface area contributed by atoms with Gasteiger partial charge in [0.1, 0.15) is 5.52 Å². The van der Waals surface area contributed by atoms with E-state index >= 15 is 0 Å². The third-order valence-corrected chi connectivity index (χ3v) is 4.81. The van der Waals surface area contributed by atoms with E-state index in [4.69, 9.17) is 0 Å². The molecule has 0 spiro atoms. The zero-order valence-corrected chi connectivity index (χ0v) is 14.9. The maximum absolute atomic E-state index is 12.7. The molecule has 134 valence electrons. The number of benzene rings is 1. The van der Waals surface area contributed by atoms with Crippen LogP contribution in [0.15, 0.2) is 24.5 Å². The molecule has 0 radical (unpaired) electrons. The molecule has 1 aromatic carbocycles. The number of hydrogen-bond acceptors (Lipinski definition) is 3. The van der Waals surface area contributed by atoms with Crippen molar-refractivity contribution in [1.29, 1.82) is 0 Å². The molecule has 2 amide bonds. The molecule has 6 heteroatoms. The minimum absolute atomic E-state index is 0.0229. The second kappa shape index (κ2) is 7.68. The monoisotopic (exact) mass is 342 g/mol. The summed E-state index contributed by atoms with van der Waals surface area (Å²) < 4.78 is 0. The summed E-state index contributed by atoms with van der Waals surface area (Å²) in [5.41, 5.74) is 2.11. The average molecular weight is 342 g/mol. The lowest BCUT2D eigenvalue weighted by Gasteiger charge is -2.22. The van der Waals surface area contributed by atoms with Gasteiger partial charge in [-0.25, -0.2) is 4.98 Å². The standard InChI is InChI=1S/C19H26N4O2/c1-13(2)8-10-23-11-9-14(6-7-17(23)24)22-19(25)15-4-3-5-16-18(15)21-12-20-16/h3-5,12-14H,6-11H2,1-2H3,(H,20,21)(H,22,25). The Hall–Kier alpha value is -2.37. The molecule has 1 fully saturated rings. The highest BCUT2D eigenvalue weighted by Gasteiger charge is 2.24. The summed E-state index contributed by atoms with van der Waals surface area (Å²) in [6, 6.07) is 5.56. The first kappa shape index (κ1) is 17.5. The van der Waals surface area contributed by atoms with Crippen molar-refractivity contribution in [3.8, 4) is 0 Å². The van der Waals surface area contributed by atoms with E-state index in [0.717, 1.165) is 24.9 Å². The number of H-pyrrole nitrogens is 1. The number of nitrogens with one attached hydrogen (secondary N) is 2. The molecule has 3 rings (SSSR count). The zero-order chi connectivity index (χ0) is 17.8. The lowest BCUT2D eigenvalue weighted by Crippen LogP contribution is -2.36. The van der Waals surface area contributed by atoms with E-state index < -0.39 is 0 Å². The van der Waals surface area contributed by atoms with Crippen molar-refractivity contribution >= 4 is 22.8 Å². The van der Waals surface area contributed by atoms with Crippen molar-refractivity contribution in [1.82, 2.24) is 20.2 Å². The van der Waals surface area contributed by atoms with Crippen LogP contribution in [0.5, 0.6) is 0 Å². The van der Waals surface area contributed by atoms with E-state index in [1.807, 2.05) is 17.0 Å². The van der Waals surface area contributed by atoms with E-state index in [0.29, 0.717) is 36.4 Å². The average Bonchev–Trinajstić information content (AvgIpc) is 3.00. The number of carbonyl (C=O) groups is 2. The number of fused-ring (bicyclic) bond motifs is 1. The van der Waals surface area contributed by atoms with E-state index in [-0.39, 0.29) is 17.9 Å². The predicted octanol–water partition coefficient (Wildman–Crippen LogP) is 2.72. The van der Waals surface area contributed by atoms with Gasteiger partial charge in [0.25, 0.3) is 5.91 Å². The number of rotatable bonds is 5. The first-order valence-corrected chi connectivity index (χ1v) is 9.05. The van der Waals surface area contributed by atoms with Crippen molar-refractivity contribution in [3.05, 3.63) is 30.1 Å². The van der Waals surface area contributed by atoms with Crippen LogP contribution < -0.4 is 5.32 Å². The third kappa shape index (κ3) is 4.18. The smallest absolute Gasteiger partial charge is 0.253 e. The highest BCUT2D eigenvalue weighted by atomic mass is 16.2. The molecule has 6 nitrogen and oxygen atoms in total. The van der Waals surface area contributed by atoms with Gasteiger partial charge < -0.3 is 15.2 Å². The third-order valence-electron chi connectivity index (χ3n) is 4.81. The molecule has 2 heterocycles. The van der Waals surface area contributed by atoms with Crippen molar-refractivity contribution in [3.63, 3.8) is 0 Å². The van der Waals surface area contributed by atoms with Crippen molar-refractivity contribution in [2.24, 2.45) is 5.92 Å². The van der Waals surface area contributed by atoms with Crippen LogP contribution in [-0.2, 0) is 4.79 Å². The fraction of sp³-hybridized carbons (Fsp3) is 0.526. The lowest BCUT2D eigenvalue weighted by molar-refractivity contribution is -0.130. The van der Waals surface area contributed by atoms with Gasteiger partial charge in [-0.05, 0) is 37.3 Å². The molecule has 1 atom stereocenters. The largest absolute Gasteiger partial charge is 0.349 e. The molecule has 2 N–H and O–H groups in total. The SMILES string of the molecule is CC(C)CCN1CCC(NC(=O)c2cccc3[nH]cnc23)CCC1=O. The van der Waals surface area contributed by atoms with E-state index in [1.54, 1.807) is 12.4 Å². The highest BCUT2D eigenvalue weighted by Crippen LogP contribution is 2.17. The fourth-order valence-corrected chi connectivity index (χ4v) is 3.24. The molecule has 1 aromatic heterocycles. The minimum Gasteiger partial charge on any atom is -0.349 e. The summed E-state index contributed by atoms with van der Waals surface area (Å²) in [5, 5.41) is 3.09. The van der Waals surface area contributed by atoms with Gasteiger partial charge in [-0.1, -0.05) is 19.9 Å². The van der Waals surface area contributed by atoms with Crippen LogP contribution >= 0.6 is 0 Å². The molecule has 25 heavy (non-hydrogen) atoms. The zero-order valence-electron chi connectivity index (χ0n) is 14.9. The number of amides is 2. The number of para-hydroxylation sites is 1. The van der Waals surface area contributed by atoms with Gasteiger partial charge in [0, 0.05) is 25.6 Å². The summed E-state index contributed by atoms with van der Waals surface area (Å²) in [5.74, 6) is 0.665. The Morgan fingerprint density at radius 3 is 3.04 bits per heavy atom. The van der Waals surface area contributed by atoms with E-state index in [9.17, 15) is 9.59 Å². The van der Waals surface area contributed by atoms with Gasteiger partial charge in [0.2, 0.25) is 5.91 Å². The van der Waals surface area contributed by atoms with Crippen LogP contribution in [0.1, 0.15) is 49.9 Å². The van der Waals surface area contributed by atoms with Crippen molar-refractivity contribution < 1.29 is 9.59 Å². The molecule has 1 saturated heterocycles. The Kier molecular flexibility index (Phi) is 5.36. The minimum atomic E-state index is -0.120. The summed E-state index contributed by atoms with van der Waals surface area (Å²) in [6.07, 6.45) is 4.60. The summed E-state index contributed by atoms with van der Waals surface area (Å²) in [4.78, 5) is 34.1. The van der Waals surface area contributed by atoms with Gasteiger partial charge >= 0.3 is 0 Å². The summed E-state index contributed by atoms with van der Waals surface area (Å²) in [6.45, 7) is 5.86. The molecular weight excluding hydrogens is 316 g/mol. The number of hydrogen-bond donors (Lipinski definition) is 2. The van der Waals surface area contributed by atoms with Gasteiger partial charge in [0.15, 0.2) is 0 Å². The first-order chi connectivity index (χ1) is 12.0. The van der Waals surface area contributed by atoms with Gasteiger partial charge in [-0.15, -0.1) is 0 Å². The Balaban J connectivity index is 1.62. The Morgan fingerprint density at radius 2 is 2.24 bits per heavy atom. The number of carbonyl (C=O) groups excluding carboxylic acids is 2. The van der Waals surface area contributed by atoms with E-state index in [1.165, 1.54) is 0 Å². The predicted molar refractivity (Wildman–Crippen MR) is 97.2 cm³/mol. The van der Waals surface area contributed by atoms with Crippen LogP contribution in [0.4, 0.5) is 0 Å². The van der Waals surface area contributed by atoms with Gasteiger partial charge in [-0.3, -0.25) is 9.59 Å². The molecule has 0 aliphatic carbocycles.